The first kappa shape index (κ1) is 13.6. The second kappa shape index (κ2) is 5.07. The summed E-state index contributed by atoms with van der Waals surface area (Å²) in [5.74, 6) is 1.21. The molecular formula is C14H20N2O3. The lowest BCUT2D eigenvalue weighted by Gasteiger charge is -2.10. The van der Waals surface area contributed by atoms with Crippen LogP contribution in [-0.4, -0.2) is 25.1 Å². The van der Waals surface area contributed by atoms with Gasteiger partial charge >= 0.3 is 0 Å². The molecule has 0 bridgehead atoms. The number of carbonyl (C=O) groups excluding carboxylic acids is 1. The molecule has 1 aliphatic carbocycles. The molecule has 19 heavy (non-hydrogen) atoms. The highest BCUT2D eigenvalue weighted by Gasteiger charge is 2.50. The van der Waals surface area contributed by atoms with E-state index in [0.29, 0.717) is 18.3 Å². The van der Waals surface area contributed by atoms with E-state index in [0.717, 1.165) is 12.0 Å². The summed E-state index contributed by atoms with van der Waals surface area (Å²) >= 11 is 0. The van der Waals surface area contributed by atoms with Crippen LogP contribution in [0.2, 0.25) is 0 Å². The third kappa shape index (κ3) is 2.97. The summed E-state index contributed by atoms with van der Waals surface area (Å²) in [5.41, 5.74) is 0.988. The zero-order chi connectivity index (χ0) is 14.0. The van der Waals surface area contributed by atoms with E-state index in [1.807, 2.05) is 6.07 Å². The summed E-state index contributed by atoms with van der Waals surface area (Å²) in [5, 5.41) is 2.93. The first-order valence-corrected chi connectivity index (χ1v) is 6.33. The zero-order valence-corrected chi connectivity index (χ0v) is 11.8. The molecule has 1 heterocycles. The number of hydrogen-bond donors (Lipinski definition) is 1. The fraction of sp³-hybridized carbons (Fsp3) is 0.571. The second-order valence-corrected chi connectivity index (χ2v) is 5.49. The number of aromatic nitrogens is 1. The second-order valence-electron chi connectivity index (χ2n) is 5.49. The van der Waals surface area contributed by atoms with Crippen molar-refractivity contribution in [2.75, 3.05) is 14.2 Å². The predicted octanol–water partition coefficient (Wildman–Crippen LogP) is 1.76. The standard InChI is InChI=1S/C14H20N2O3/c1-14(2)7-10(14)12(17)15-8-9-5-6-11(18-3)16-13(9)19-4/h5-6,10H,7-8H2,1-4H3,(H,15,17). The Kier molecular flexibility index (Phi) is 3.64. The largest absolute Gasteiger partial charge is 0.481 e. The summed E-state index contributed by atoms with van der Waals surface area (Å²) < 4.78 is 10.2. The van der Waals surface area contributed by atoms with Gasteiger partial charge in [-0.05, 0) is 17.9 Å². The molecule has 1 amide bonds. The molecule has 1 aromatic heterocycles. The van der Waals surface area contributed by atoms with Crippen LogP contribution in [0, 0.1) is 11.3 Å². The number of nitrogens with zero attached hydrogens (tertiary/aromatic N) is 1. The van der Waals surface area contributed by atoms with Crippen LogP contribution in [0.3, 0.4) is 0 Å². The number of carbonyl (C=O) groups is 1. The van der Waals surface area contributed by atoms with E-state index in [1.54, 1.807) is 20.3 Å². The minimum absolute atomic E-state index is 0.0999. The molecular weight excluding hydrogens is 244 g/mol. The molecule has 1 saturated carbocycles. The summed E-state index contributed by atoms with van der Waals surface area (Å²) in [4.78, 5) is 16.1. The molecule has 1 aromatic rings. The zero-order valence-electron chi connectivity index (χ0n) is 11.8. The average Bonchev–Trinajstić information content (AvgIpc) is 3.05. The van der Waals surface area contributed by atoms with Gasteiger partial charge in [-0.15, -0.1) is 0 Å². The van der Waals surface area contributed by atoms with Crippen LogP contribution in [0.15, 0.2) is 12.1 Å². The van der Waals surface area contributed by atoms with Crippen molar-refractivity contribution in [1.82, 2.24) is 10.3 Å². The fourth-order valence-corrected chi connectivity index (χ4v) is 2.10. The van der Waals surface area contributed by atoms with Crippen LogP contribution in [0.5, 0.6) is 11.8 Å². The van der Waals surface area contributed by atoms with Gasteiger partial charge in [-0.2, -0.15) is 4.98 Å². The number of amides is 1. The molecule has 2 rings (SSSR count). The van der Waals surface area contributed by atoms with Crippen molar-refractivity contribution >= 4 is 5.91 Å². The molecule has 0 aliphatic heterocycles. The number of pyridine rings is 1. The van der Waals surface area contributed by atoms with E-state index in [9.17, 15) is 4.79 Å². The smallest absolute Gasteiger partial charge is 0.223 e. The average molecular weight is 264 g/mol. The topological polar surface area (TPSA) is 60.5 Å². The molecule has 0 aromatic carbocycles. The van der Waals surface area contributed by atoms with Crippen LogP contribution < -0.4 is 14.8 Å². The maximum atomic E-state index is 11.9. The van der Waals surface area contributed by atoms with E-state index in [4.69, 9.17) is 9.47 Å². The lowest BCUT2D eigenvalue weighted by Crippen LogP contribution is -2.26. The Balaban J connectivity index is 1.98. The SMILES string of the molecule is COc1ccc(CNC(=O)C2CC2(C)C)c(OC)n1. The number of rotatable bonds is 5. The molecule has 1 N–H and O–H groups in total. The van der Waals surface area contributed by atoms with Crippen molar-refractivity contribution < 1.29 is 14.3 Å². The Morgan fingerprint density at radius 1 is 1.42 bits per heavy atom. The highest BCUT2D eigenvalue weighted by molar-refractivity contribution is 5.82. The molecule has 0 radical (unpaired) electrons. The molecule has 104 valence electrons. The molecule has 5 nitrogen and oxygen atoms in total. The van der Waals surface area contributed by atoms with Crippen molar-refractivity contribution in [3.63, 3.8) is 0 Å². The molecule has 1 fully saturated rings. The first-order valence-electron chi connectivity index (χ1n) is 6.33. The van der Waals surface area contributed by atoms with Gasteiger partial charge in [0.15, 0.2) is 0 Å². The van der Waals surface area contributed by atoms with Crippen molar-refractivity contribution in [2.45, 2.75) is 26.8 Å². The number of ether oxygens (including phenoxy) is 2. The highest BCUT2D eigenvalue weighted by Crippen LogP contribution is 2.51. The van der Waals surface area contributed by atoms with Crippen LogP contribution >= 0.6 is 0 Å². The van der Waals surface area contributed by atoms with E-state index >= 15 is 0 Å². The number of hydrogen-bond acceptors (Lipinski definition) is 4. The summed E-state index contributed by atoms with van der Waals surface area (Å²) in [6, 6.07) is 3.61. The van der Waals surface area contributed by atoms with Crippen LogP contribution in [0.25, 0.3) is 0 Å². The van der Waals surface area contributed by atoms with Gasteiger partial charge in [0.2, 0.25) is 17.7 Å². The Morgan fingerprint density at radius 3 is 2.63 bits per heavy atom. The van der Waals surface area contributed by atoms with Crippen LogP contribution in [0.1, 0.15) is 25.8 Å². The molecule has 1 atom stereocenters. The summed E-state index contributed by atoms with van der Waals surface area (Å²) in [6.45, 7) is 4.63. The first-order chi connectivity index (χ1) is 8.97. The van der Waals surface area contributed by atoms with Gasteiger partial charge in [0.05, 0.1) is 14.2 Å². The summed E-state index contributed by atoms with van der Waals surface area (Å²) in [6.07, 6.45) is 0.955. The Bertz CT molecular complexity index is 486. The Hall–Kier alpha value is -1.78. The number of methoxy groups -OCH3 is 2. The van der Waals surface area contributed by atoms with Crippen molar-refractivity contribution in [3.8, 4) is 11.8 Å². The van der Waals surface area contributed by atoms with Gasteiger partial charge in [-0.1, -0.05) is 13.8 Å². The third-order valence-electron chi connectivity index (χ3n) is 3.60. The minimum atomic E-state index is 0.0999. The maximum Gasteiger partial charge on any atom is 0.223 e. The van der Waals surface area contributed by atoms with E-state index in [1.165, 1.54) is 0 Å². The van der Waals surface area contributed by atoms with E-state index in [2.05, 4.69) is 24.1 Å². The van der Waals surface area contributed by atoms with E-state index < -0.39 is 0 Å². The van der Waals surface area contributed by atoms with Crippen LogP contribution in [0.4, 0.5) is 0 Å². The quantitative estimate of drug-likeness (QED) is 0.880. The molecule has 1 unspecified atom stereocenters. The van der Waals surface area contributed by atoms with Gasteiger partial charge in [-0.25, -0.2) is 0 Å². The van der Waals surface area contributed by atoms with Crippen molar-refractivity contribution in [2.24, 2.45) is 11.3 Å². The van der Waals surface area contributed by atoms with Gasteiger partial charge in [-0.3, -0.25) is 4.79 Å². The Labute approximate surface area is 113 Å². The predicted molar refractivity (Wildman–Crippen MR) is 71.1 cm³/mol. The van der Waals surface area contributed by atoms with Gasteiger partial charge in [0.25, 0.3) is 0 Å². The molecule has 0 spiro atoms. The molecule has 0 saturated heterocycles. The maximum absolute atomic E-state index is 11.9. The fourth-order valence-electron chi connectivity index (χ4n) is 2.10. The van der Waals surface area contributed by atoms with Gasteiger partial charge in [0.1, 0.15) is 0 Å². The van der Waals surface area contributed by atoms with Gasteiger partial charge in [0, 0.05) is 24.1 Å². The third-order valence-corrected chi connectivity index (χ3v) is 3.60. The lowest BCUT2D eigenvalue weighted by molar-refractivity contribution is -0.123. The highest BCUT2D eigenvalue weighted by atomic mass is 16.5. The minimum Gasteiger partial charge on any atom is -0.481 e. The Morgan fingerprint density at radius 2 is 2.11 bits per heavy atom. The van der Waals surface area contributed by atoms with Gasteiger partial charge < -0.3 is 14.8 Å². The van der Waals surface area contributed by atoms with Crippen molar-refractivity contribution in [3.05, 3.63) is 17.7 Å². The normalized spacial score (nSPS) is 19.7. The summed E-state index contributed by atoms with van der Waals surface area (Å²) in [7, 11) is 3.11. The van der Waals surface area contributed by atoms with Crippen LogP contribution in [-0.2, 0) is 11.3 Å². The van der Waals surface area contributed by atoms with E-state index in [-0.39, 0.29) is 17.2 Å². The molecule has 5 heteroatoms. The lowest BCUT2D eigenvalue weighted by atomic mass is 10.1. The monoisotopic (exact) mass is 264 g/mol. The molecule has 1 aliphatic rings. The van der Waals surface area contributed by atoms with Crippen molar-refractivity contribution in [1.29, 1.82) is 0 Å². The number of nitrogens with one attached hydrogen (secondary N) is 1.